The molecule has 0 aliphatic rings. The van der Waals surface area contributed by atoms with Crippen molar-refractivity contribution >= 4 is 0 Å². The van der Waals surface area contributed by atoms with Gasteiger partial charge in [0.25, 0.3) is 5.82 Å². The first-order chi connectivity index (χ1) is 10.5. The summed E-state index contributed by atoms with van der Waals surface area (Å²) in [5.41, 5.74) is 0.694. The molecule has 0 amide bonds. The van der Waals surface area contributed by atoms with Crippen molar-refractivity contribution in [2.24, 2.45) is 0 Å². The molecule has 112 valence electrons. The van der Waals surface area contributed by atoms with Crippen molar-refractivity contribution in [2.75, 3.05) is 0 Å². The number of aromatic nitrogens is 2. The third-order valence-corrected chi connectivity index (χ3v) is 3.48. The van der Waals surface area contributed by atoms with Crippen LogP contribution in [0.25, 0.3) is 11.4 Å². The average Bonchev–Trinajstić information content (AvgIpc) is 2.86. The maximum atomic E-state index is 12.0. The summed E-state index contributed by atoms with van der Waals surface area (Å²) in [6.07, 6.45) is 3.31. The van der Waals surface area contributed by atoms with Gasteiger partial charge in [-0.1, -0.05) is 11.8 Å². The molecule has 0 bridgehead atoms. The average molecular weight is 298 g/mol. The Balaban J connectivity index is 2.17. The SMILES string of the molecule is Cc1n(-c2cc(O)ccc2[O-])cc[n+]1-c1cc(O)ccc1O. The first kappa shape index (κ1) is 13.8. The minimum absolute atomic E-state index is 0.00176. The van der Waals surface area contributed by atoms with Gasteiger partial charge in [-0.3, -0.25) is 0 Å². The molecule has 0 fully saturated rings. The van der Waals surface area contributed by atoms with Crippen molar-refractivity contribution in [2.45, 2.75) is 6.92 Å². The summed E-state index contributed by atoms with van der Waals surface area (Å²) in [6, 6.07) is 8.20. The molecule has 6 heteroatoms. The van der Waals surface area contributed by atoms with E-state index in [1.165, 1.54) is 36.4 Å². The number of rotatable bonds is 2. The van der Waals surface area contributed by atoms with Crippen LogP contribution in [0, 0.1) is 6.92 Å². The Kier molecular flexibility index (Phi) is 3.14. The minimum atomic E-state index is -0.233. The van der Waals surface area contributed by atoms with Gasteiger partial charge in [0.2, 0.25) is 0 Å². The summed E-state index contributed by atoms with van der Waals surface area (Å²) < 4.78 is 3.24. The van der Waals surface area contributed by atoms with Crippen LogP contribution in [0.3, 0.4) is 0 Å². The fourth-order valence-corrected chi connectivity index (χ4v) is 2.37. The number of hydrogen-bond acceptors (Lipinski definition) is 4. The van der Waals surface area contributed by atoms with Crippen molar-refractivity contribution in [3.8, 4) is 34.4 Å². The predicted molar refractivity (Wildman–Crippen MR) is 76.5 cm³/mol. The van der Waals surface area contributed by atoms with Crippen LogP contribution in [-0.2, 0) is 0 Å². The zero-order chi connectivity index (χ0) is 15.9. The van der Waals surface area contributed by atoms with Gasteiger partial charge in [-0.2, -0.15) is 4.57 Å². The van der Waals surface area contributed by atoms with Crippen LogP contribution in [-0.4, -0.2) is 19.9 Å². The molecule has 0 saturated carbocycles. The number of phenols is 3. The van der Waals surface area contributed by atoms with Gasteiger partial charge >= 0.3 is 0 Å². The Morgan fingerprint density at radius 3 is 2.45 bits per heavy atom. The zero-order valence-electron chi connectivity index (χ0n) is 11.8. The molecule has 3 N–H and O–H groups in total. The summed E-state index contributed by atoms with van der Waals surface area (Å²) in [4.78, 5) is 0. The molecule has 3 aromatic rings. The van der Waals surface area contributed by atoms with E-state index in [9.17, 15) is 20.4 Å². The van der Waals surface area contributed by atoms with Crippen LogP contribution in [0.1, 0.15) is 5.82 Å². The molecule has 6 nitrogen and oxygen atoms in total. The normalized spacial score (nSPS) is 10.8. The van der Waals surface area contributed by atoms with E-state index in [0.29, 0.717) is 17.2 Å². The molecule has 0 aliphatic heterocycles. The first-order valence-electron chi connectivity index (χ1n) is 6.60. The third kappa shape index (κ3) is 2.20. The Labute approximate surface area is 126 Å². The highest BCUT2D eigenvalue weighted by Gasteiger charge is 2.19. The lowest BCUT2D eigenvalue weighted by Crippen LogP contribution is -2.32. The van der Waals surface area contributed by atoms with E-state index < -0.39 is 0 Å². The molecule has 1 heterocycles. The lowest BCUT2D eigenvalue weighted by atomic mass is 10.2. The van der Waals surface area contributed by atoms with Crippen molar-refractivity contribution in [3.05, 3.63) is 54.6 Å². The summed E-state index contributed by atoms with van der Waals surface area (Å²) in [6.45, 7) is 1.76. The molecule has 0 unspecified atom stereocenters. The molecule has 22 heavy (non-hydrogen) atoms. The second kappa shape index (κ2) is 5.00. The van der Waals surface area contributed by atoms with Crippen LogP contribution in [0.5, 0.6) is 23.0 Å². The molecule has 0 radical (unpaired) electrons. The van der Waals surface area contributed by atoms with E-state index in [0.717, 1.165) is 0 Å². The Morgan fingerprint density at radius 2 is 1.68 bits per heavy atom. The molecule has 0 spiro atoms. The van der Waals surface area contributed by atoms with Crippen LogP contribution < -0.4 is 9.67 Å². The summed E-state index contributed by atoms with van der Waals surface area (Å²) in [5, 5.41) is 41.1. The van der Waals surface area contributed by atoms with E-state index >= 15 is 0 Å². The number of nitrogens with zero attached hydrogens (tertiary/aromatic N) is 2. The molecule has 0 atom stereocenters. The van der Waals surface area contributed by atoms with Gasteiger partial charge in [-0.25, -0.2) is 4.57 Å². The van der Waals surface area contributed by atoms with Gasteiger partial charge in [0.1, 0.15) is 29.6 Å². The molecule has 1 aromatic heterocycles. The fourth-order valence-electron chi connectivity index (χ4n) is 2.37. The Morgan fingerprint density at radius 1 is 1.00 bits per heavy atom. The highest BCUT2D eigenvalue weighted by atomic mass is 16.3. The fraction of sp³-hybridized carbons (Fsp3) is 0.0625. The van der Waals surface area contributed by atoms with Gasteiger partial charge in [-0.05, 0) is 18.2 Å². The van der Waals surface area contributed by atoms with Crippen LogP contribution >= 0.6 is 0 Å². The van der Waals surface area contributed by atoms with Crippen LogP contribution in [0.15, 0.2) is 48.8 Å². The molecule has 0 aliphatic carbocycles. The zero-order valence-corrected chi connectivity index (χ0v) is 11.8. The van der Waals surface area contributed by atoms with Gasteiger partial charge in [0.15, 0.2) is 11.4 Å². The molecular weight excluding hydrogens is 284 g/mol. The molecular formula is C16H14N2O4. The van der Waals surface area contributed by atoms with Gasteiger partial charge < -0.3 is 20.4 Å². The summed E-state index contributed by atoms with van der Waals surface area (Å²) in [5.74, 6) is 0.415. The quantitative estimate of drug-likeness (QED) is 0.490. The Bertz CT molecular complexity index is 786. The lowest BCUT2D eigenvalue weighted by molar-refractivity contribution is -0.602. The number of aromatic hydroxyl groups is 3. The number of benzene rings is 2. The maximum absolute atomic E-state index is 12.0. The standard InChI is InChI=1S/C16H14N2O4/c1-10-17(13-8-11(19)2-4-15(13)21)6-7-18(10)14-9-12(20)3-5-16(14)22/h2-9H,1H3,(H3-,19,20,21,22). The minimum Gasteiger partial charge on any atom is -0.870 e. The van der Waals surface area contributed by atoms with Crippen molar-refractivity contribution in [1.29, 1.82) is 0 Å². The number of imidazole rings is 1. The second-order valence-electron chi connectivity index (χ2n) is 4.91. The largest absolute Gasteiger partial charge is 0.870 e. The highest BCUT2D eigenvalue weighted by molar-refractivity contribution is 5.50. The number of hydrogen-bond donors (Lipinski definition) is 3. The monoisotopic (exact) mass is 298 g/mol. The molecule has 2 aromatic carbocycles. The van der Waals surface area contributed by atoms with E-state index in [2.05, 4.69) is 0 Å². The molecule has 3 rings (SSSR count). The topological polar surface area (TPSA) is 92.6 Å². The first-order valence-corrected chi connectivity index (χ1v) is 6.60. The van der Waals surface area contributed by atoms with Crippen LogP contribution in [0.4, 0.5) is 0 Å². The van der Waals surface area contributed by atoms with Crippen LogP contribution in [0.2, 0.25) is 0 Å². The predicted octanol–water partition coefficient (Wildman–Crippen LogP) is 1.25. The van der Waals surface area contributed by atoms with Gasteiger partial charge in [0.05, 0.1) is 0 Å². The van der Waals surface area contributed by atoms with E-state index in [1.807, 2.05) is 0 Å². The molecule has 0 saturated heterocycles. The van der Waals surface area contributed by atoms with Gasteiger partial charge in [-0.15, -0.1) is 0 Å². The van der Waals surface area contributed by atoms with E-state index in [1.54, 1.807) is 28.5 Å². The van der Waals surface area contributed by atoms with E-state index in [-0.39, 0.29) is 23.0 Å². The van der Waals surface area contributed by atoms with Crippen molar-refractivity contribution < 1.29 is 25.0 Å². The highest BCUT2D eigenvalue weighted by Crippen LogP contribution is 2.26. The number of phenolic OH excluding ortho intramolecular Hbond substituents is 3. The van der Waals surface area contributed by atoms with Crippen molar-refractivity contribution in [3.63, 3.8) is 0 Å². The lowest BCUT2D eigenvalue weighted by Gasteiger charge is -2.11. The summed E-state index contributed by atoms with van der Waals surface area (Å²) in [7, 11) is 0. The van der Waals surface area contributed by atoms with Crippen molar-refractivity contribution in [1.82, 2.24) is 4.57 Å². The maximum Gasteiger partial charge on any atom is 0.263 e. The second-order valence-corrected chi connectivity index (χ2v) is 4.91. The van der Waals surface area contributed by atoms with Gasteiger partial charge in [0, 0.05) is 19.1 Å². The Hall–Kier alpha value is -3.15. The van der Waals surface area contributed by atoms with E-state index in [4.69, 9.17) is 0 Å². The third-order valence-electron chi connectivity index (χ3n) is 3.48. The summed E-state index contributed by atoms with van der Waals surface area (Å²) >= 11 is 0. The smallest absolute Gasteiger partial charge is 0.263 e.